The lowest BCUT2D eigenvalue weighted by atomic mass is 10.0. The molecule has 1 aliphatic rings. The van der Waals surface area contributed by atoms with Crippen LogP contribution in [0.2, 0.25) is 5.02 Å². The number of benzene rings is 1. The molecule has 0 spiro atoms. The number of nitrogens with zero attached hydrogens (tertiary/aromatic N) is 4. The highest BCUT2D eigenvalue weighted by Crippen LogP contribution is 2.29. The number of carbonyl (C=O) groups excluding carboxylic acids is 1. The minimum absolute atomic E-state index is 0. The van der Waals surface area contributed by atoms with E-state index in [-0.39, 0.29) is 23.5 Å². The van der Waals surface area contributed by atoms with Gasteiger partial charge in [0.2, 0.25) is 0 Å². The minimum atomic E-state index is -0.266. The van der Waals surface area contributed by atoms with Crippen molar-refractivity contribution in [1.82, 2.24) is 25.5 Å². The van der Waals surface area contributed by atoms with E-state index in [9.17, 15) is 4.79 Å². The second kappa shape index (κ2) is 14.5. The molecule has 0 bridgehead atoms. The highest BCUT2D eigenvalue weighted by atomic mass is 35.5. The van der Waals surface area contributed by atoms with Crippen molar-refractivity contribution in [2.45, 2.75) is 38.0 Å². The van der Waals surface area contributed by atoms with Crippen molar-refractivity contribution in [3.63, 3.8) is 0 Å². The average Bonchev–Trinajstić information content (AvgIpc) is 2.88. The Balaban J connectivity index is 0.00000456. The summed E-state index contributed by atoms with van der Waals surface area (Å²) in [7, 11) is 3.16. The number of aromatic nitrogens is 2. The molecule has 1 aromatic carbocycles. The Bertz CT molecular complexity index is 1050. The Labute approximate surface area is 216 Å². The summed E-state index contributed by atoms with van der Waals surface area (Å²) in [5, 5.41) is 15.8. The van der Waals surface area contributed by atoms with Gasteiger partial charge in [0, 0.05) is 45.2 Å². The van der Waals surface area contributed by atoms with Crippen molar-refractivity contribution >= 4 is 23.2 Å². The van der Waals surface area contributed by atoms with Gasteiger partial charge in [-0.2, -0.15) is 5.26 Å². The first-order valence-corrected chi connectivity index (χ1v) is 11.9. The fourth-order valence-corrected chi connectivity index (χ4v) is 4.29. The number of amides is 1. The molecule has 196 valence electrons. The van der Waals surface area contributed by atoms with Gasteiger partial charge in [0.1, 0.15) is 11.8 Å². The van der Waals surface area contributed by atoms with Crippen LogP contribution in [0.4, 0.5) is 5.69 Å². The Morgan fingerprint density at radius 2 is 2.08 bits per heavy atom. The number of halogens is 1. The van der Waals surface area contributed by atoms with Crippen LogP contribution in [0.25, 0.3) is 0 Å². The van der Waals surface area contributed by atoms with Gasteiger partial charge in [-0.25, -0.2) is 4.98 Å². The van der Waals surface area contributed by atoms with E-state index in [1.54, 1.807) is 19.4 Å². The maximum absolute atomic E-state index is 12.9. The van der Waals surface area contributed by atoms with Crippen molar-refractivity contribution in [1.29, 1.82) is 5.26 Å². The fraction of sp³-hybridized carbons (Fsp3) is 0.500. The molecule has 1 aromatic heterocycles. The second-order valence-electron chi connectivity index (χ2n) is 8.36. The summed E-state index contributed by atoms with van der Waals surface area (Å²) < 4.78 is 11.0. The van der Waals surface area contributed by atoms with Crippen molar-refractivity contribution in [3.8, 4) is 11.8 Å². The number of likely N-dealkylation sites (tertiary alicyclic amines) is 1. The predicted molar refractivity (Wildman–Crippen MR) is 137 cm³/mol. The molecule has 0 aliphatic carbocycles. The van der Waals surface area contributed by atoms with Gasteiger partial charge in [0.05, 0.1) is 41.2 Å². The maximum atomic E-state index is 12.9. The van der Waals surface area contributed by atoms with Crippen LogP contribution in [0.3, 0.4) is 0 Å². The lowest BCUT2D eigenvalue weighted by molar-refractivity contribution is 0.00601. The number of hydrogen-bond donors (Lipinski definition) is 3. The van der Waals surface area contributed by atoms with Gasteiger partial charge in [-0.1, -0.05) is 11.6 Å². The van der Waals surface area contributed by atoms with Crippen LogP contribution in [0.5, 0.6) is 5.75 Å². The zero-order chi connectivity index (χ0) is 25.2. The van der Waals surface area contributed by atoms with Crippen molar-refractivity contribution in [3.05, 3.63) is 46.5 Å². The molecule has 6 N–H and O–H groups in total. The monoisotopic (exact) mass is 519 g/mol. The number of hydrogen-bond acceptors (Lipinski definition) is 9. The SMILES string of the molecule is COc1cc(N)c(Cl)cc1C(=O)NC1CCN(CCCCNCc2nccnc2C#N)CC1OC.O. The zero-order valence-corrected chi connectivity index (χ0v) is 21.3. The third-order valence-electron chi connectivity index (χ3n) is 6.08. The molecule has 1 amide bonds. The van der Waals surface area contributed by atoms with Gasteiger partial charge in [0.25, 0.3) is 5.91 Å². The summed E-state index contributed by atoms with van der Waals surface area (Å²) in [6.07, 6.45) is 5.78. The molecule has 1 fully saturated rings. The molecule has 2 aromatic rings. The number of rotatable bonds is 11. The Kier molecular flexibility index (Phi) is 11.8. The van der Waals surface area contributed by atoms with E-state index >= 15 is 0 Å². The maximum Gasteiger partial charge on any atom is 0.255 e. The molecule has 1 saturated heterocycles. The predicted octanol–water partition coefficient (Wildman–Crippen LogP) is 1.16. The van der Waals surface area contributed by atoms with E-state index in [2.05, 4.69) is 31.6 Å². The fourth-order valence-electron chi connectivity index (χ4n) is 4.13. The van der Waals surface area contributed by atoms with E-state index in [1.165, 1.54) is 19.4 Å². The molecule has 1 aliphatic heterocycles. The first-order valence-electron chi connectivity index (χ1n) is 11.6. The number of carbonyl (C=O) groups is 1. The number of nitrogen functional groups attached to an aromatic ring is 1. The quantitative estimate of drug-likeness (QED) is 0.291. The van der Waals surface area contributed by atoms with E-state index < -0.39 is 0 Å². The highest BCUT2D eigenvalue weighted by Gasteiger charge is 2.31. The van der Waals surface area contributed by atoms with Crippen molar-refractivity contribution < 1.29 is 19.7 Å². The van der Waals surface area contributed by atoms with Crippen LogP contribution >= 0.6 is 11.6 Å². The first-order chi connectivity index (χ1) is 17.0. The number of methoxy groups -OCH3 is 2. The van der Waals surface area contributed by atoms with Crippen LogP contribution < -0.4 is 21.1 Å². The Morgan fingerprint density at radius 1 is 1.31 bits per heavy atom. The summed E-state index contributed by atoms with van der Waals surface area (Å²) in [6.45, 7) is 3.89. The molecule has 0 saturated carbocycles. The third kappa shape index (κ3) is 7.74. The van der Waals surface area contributed by atoms with Gasteiger partial charge in [-0.3, -0.25) is 9.78 Å². The van der Waals surface area contributed by atoms with Crippen molar-refractivity contribution in [2.75, 3.05) is 46.1 Å². The molecule has 0 radical (unpaired) electrons. The Hall–Kier alpha value is -3.01. The van der Waals surface area contributed by atoms with Gasteiger partial charge < -0.3 is 36.2 Å². The number of piperidine rings is 1. The normalized spacial score (nSPS) is 17.6. The standard InChI is InChI=1S/C24H32ClN7O3.H2O/c1-34-22-12-18(27)17(25)11-16(22)24(33)31-19-5-10-32(15-23(19)35-2)9-4-3-6-28-14-21-20(13-26)29-7-8-30-21;/h7-8,11-12,19,23,28H,3-6,9-10,14-15,27H2,1-2H3,(H,31,33);1H2. The summed E-state index contributed by atoms with van der Waals surface area (Å²) in [4.78, 5) is 23.5. The lowest BCUT2D eigenvalue weighted by Crippen LogP contribution is -2.54. The van der Waals surface area contributed by atoms with Crippen LogP contribution in [0, 0.1) is 11.3 Å². The van der Waals surface area contributed by atoms with Crippen LogP contribution in [-0.4, -0.2) is 78.8 Å². The summed E-state index contributed by atoms with van der Waals surface area (Å²) in [6, 6.07) is 5.02. The number of nitrogens with two attached hydrogens (primary N) is 1. The van der Waals surface area contributed by atoms with Gasteiger partial charge in [0.15, 0.2) is 5.69 Å². The minimum Gasteiger partial charge on any atom is -0.496 e. The van der Waals surface area contributed by atoms with E-state index in [0.29, 0.717) is 40.0 Å². The molecular formula is C24H34ClN7O4. The number of anilines is 1. The summed E-state index contributed by atoms with van der Waals surface area (Å²) >= 11 is 6.11. The topological polar surface area (TPSA) is 170 Å². The van der Waals surface area contributed by atoms with Crippen LogP contribution in [0.1, 0.15) is 41.0 Å². The second-order valence-corrected chi connectivity index (χ2v) is 8.77. The van der Waals surface area contributed by atoms with Gasteiger partial charge in [-0.05, 0) is 38.4 Å². The van der Waals surface area contributed by atoms with Crippen molar-refractivity contribution in [2.24, 2.45) is 0 Å². The average molecular weight is 520 g/mol. The van der Waals surface area contributed by atoms with Gasteiger partial charge in [-0.15, -0.1) is 0 Å². The zero-order valence-electron chi connectivity index (χ0n) is 20.6. The summed E-state index contributed by atoms with van der Waals surface area (Å²) in [5.41, 5.74) is 7.56. The summed E-state index contributed by atoms with van der Waals surface area (Å²) in [5.74, 6) is 0.116. The molecule has 2 unspecified atom stereocenters. The van der Waals surface area contributed by atoms with E-state index in [1.807, 2.05) is 0 Å². The molecule has 36 heavy (non-hydrogen) atoms. The molecule has 12 heteroatoms. The molecule has 3 rings (SSSR count). The number of nitriles is 1. The highest BCUT2D eigenvalue weighted by molar-refractivity contribution is 6.33. The smallest absolute Gasteiger partial charge is 0.255 e. The van der Waals surface area contributed by atoms with Crippen LogP contribution in [0.15, 0.2) is 24.5 Å². The Morgan fingerprint density at radius 3 is 2.81 bits per heavy atom. The van der Waals surface area contributed by atoms with E-state index in [0.717, 1.165) is 45.4 Å². The van der Waals surface area contributed by atoms with E-state index in [4.69, 9.17) is 32.1 Å². The van der Waals surface area contributed by atoms with Crippen LogP contribution in [-0.2, 0) is 11.3 Å². The molecule has 2 atom stereocenters. The largest absolute Gasteiger partial charge is 0.496 e. The van der Waals surface area contributed by atoms with Gasteiger partial charge >= 0.3 is 0 Å². The lowest BCUT2D eigenvalue weighted by Gasteiger charge is -2.38. The molecular weight excluding hydrogens is 486 g/mol. The molecule has 11 nitrogen and oxygen atoms in total. The third-order valence-corrected chi connectivity index (χ3v) is 6.40. The molecule has 2 heterocycles. The first kappa shape index (κ1) is 29.2. The number of nitrogens with one attached hydrogen (secondary N) is 2. The number of unbranched alkanes of at least 4 members (excludes halogenated alkanes) is 1. The number of ether oxygens (including phenoxy) is 2.